The summed E-state index contributed by atoms with van der Waals surface area (Å²) in [4.78, 5) is 16.9. The molecule has 3 rings (SSSR count). The molecule has 9 heteroatoms. The SMILES string of the molecule is C/C=C/C(=O)Nc1cc(C2=NOC(c3cc(Cl)cc(Cl)c3)(C(F)(F)F)C2)ccc1C. The van der Waals surface area contributed by atoms with Gasteiger partial charge in [0.2, 0.25) is 5.91 Å². The van der Waals surface area contributed by atoms with Crippen molar-refractivity contribution < 1.29 is 22.8 Å². The summed E-state index contributed by atoms with van der Waals surface area (Å²) < 4.78 is 42.3. The lowest BCUT2D eigenvalue weighted by Crippen LogP contribution is -2.42. The van der Waals surface area contributed by atoms with E-state index in [1.165, 1.54) is 12.1 Å². The van der Waals surface area contributed by atoms with Crippen LogP contribution in [0.5, 0.6) is 0 Å². The van der Waals surface area contributed by atoms with E-state index in [1.54, 1.807) is 38.1 Å². The van der Waals surface area contributed by atoms with Crippen LogP contribution in [-0.2, 0) is 15.2 Å². The van der Waals surface area contributed by atoms with E-state index in [2.05, 4.69) is 10.5 Å². The minimum atomic E-state index is -4.78. The van der Waals surface area contributed by atoms with Gasteiger partial charge in [-0.25, -0.2) is 0 Å². The molecule has 0 aliphatic carbocycles. The molecule has 0 fully saturated rings. The zero-order valence-electron chi connectivity index (χ0n) is 16.0. The first-order valence-electron chi connectivity index (χ1n) is 8.89. The maximum absolute atomic E-state index is 14.1. The van der Waals surface area contributed by atoms with Crippen LogP contribution in [0.15, 0.2) is 53.7 Å². The number of rotatable bonds is 4. The molecule has 0 saturated heterocycles. The maximum Gasteiger partial charge on any atom is 0.435 e. The predicted octanol–water partition coefficient (Wildman–Crippen LogP) is 6.40. The second-order valence-electron chi connectivity index (χ2n) is 6.81. The van der Waals surface area contributed by atoms with Crippen LogP contribution in [0.25, 0.3) is 0 Å². The van der Waals surface area contributed by atoms with Crippen LogP contribution >= 0.6 is 23.2 Å². The van der Waals surface area contributed by atoms with Crippen molar-refractivity contribution in [3.63, 3.8) is 0 Å². The number of nitrogens with zero attached hydrogens (tertiary/aromatic N) is 1. The molecule has 0 saturated carbocycles. The van der Waals surface area contributed by atoms with Crippen molar-refractivity contribution in [2.75, 3.05) is 5.32 Å². The van der Waals surface area contributed by atoms with Crippen molar-refractivity contribution in [1.29, 1.82) is 0 Å². The summed E-state index contributed by atoms with van der Waals surface area (Å²) in [6.07, 6.45) is -2.42. The van der Waals surface area contributed by atoms with Crippen LogP contribution < -0.4 is 5.32 Å². The highest BCUT2D eigenvalue weighted by Crippen LogP contribution is 2.49. The predicted molar refractivity (Wildman–Crippen MR) is 111 cm³/mol. The molecule has 158 valence electrons. The van der Waals surface area contributed by atoms with E-state index >= 15 is 0 Å². The van der Waals surface area contributed by atoms with Crippen LogP contribution in [0.2, 0.25) is 10.0 Å². The number of carbonyl (C=O) groups is 1. The van der Waals surface area contributed by atoms with Crippen LogP contribution in [0.1, 0.15) is 30.0 Å². The molecular weight excluding hydrogens is 440 g/mol. The van der Waals surface area contributed by atoms with Gasteiger partial charge in [-0.2, -0.15) is 13.2 Å². The maximum atomic E-state index is 14.1. The van der Waals surface area contributed by atoms with Gasteiger partial charge in [-0.15, -0.1) is 0 Å². The van der Waals surface area contributed by atoms with Crippen molar-refractivity contribution in [3.05, 3.63) is 75.3 Å². The summed E-state index contributed by atoms with van der Waals surface area (Å²) in [5, 5.41) is 6.54. The van der Waals surface area contributed by atoms with E-state index in [9.17, 15) is 18.0 Å². The number of carbonyl (C=O) groups excluding carboxylic acids is 1. The summed E-state index contributed by atoms with van der Waals surface area (Å²) in [6, 6.07) is 8.55. The lowest BCUT2D eigenvalue weighted by molar-refractivity contribution is -0.275. The van der Waals surface area contributed by atoms with Crippen LogP contribution in [0.4, 0.5) is 18.9 Å². The quantitative estimate of drug-likeness (QED) is 0.541. The number of benzene rings is 2. The fraction of sp³-hybridized carbons (Fsp3) is 0.238. The summed E-state index contributed by atoms with van der Waals surface area (Å²) >= 11 is 11.8. The average molecular weight is 457 g/mol. The number of amides is 1. The Bertz CT molecular complexity index is 1030. The highest BCUT2D eigenvalue weighted by atomic mass is 35.5. The van der Waals surface area contributed by atoms with Crippen LogP contribution in [0.3, 0.4) is 0 Å². The average Bonchev–Trinajstić information content (AvgIpc) is 3.10. The van der Waals surface area contributed by atoms with Gasteiger partial charge in [0.05, 0.1) is 5.71 Å². The normalized spacial score (nSPS) is 19.0. The molecule has 1 aliphatic heterocycles. The van der Waals surface area contributed by atoms with Gasteiger partial charge in [0, 0.05) is 33.3 Å². The van der Waals surface area contributed by atoms with E-state index < -0.39 is 18.2 Å². The Morgan fingerprint density at radius 1 is 1.20 bits per heavy atom. The number of alkyl halides is 3. The van der Waals surface area contributed by atoms with E-state index in [0.717, 1.165) is 17.7 Å². The molecule has 1 amide bonds. The van der Waals surface area contributed by atoms with Gasteiger partial charge in [-0.1, -0.05) is 46.6 Å². The fourth-order valence-corrected chi connectivity index (χ4v) is 3.63. The molecule has 2 aromatic carbocycles. The van der Waals surface area contributed by atoms with Crippen molar-refractivity contribution in [2.24, 2.45) is 5.16 Å². The van der Waals surface area contributed by atoms with E-state index in [-0.39, 0.29) is 27.2 Å². The van der Waals surface area contributed by atoms with Gasteiger partial charge in [-0.05, 0) is 49.8 Å². The van der Waals surface area contributed by atoms with E-state index in [4.69, 9.17) is 28.0 Å². The molecule has 2 aromatic rings. The monoisotopic (exact) mass is 456 g/mol. The molecule has 4 nitrogen and oxygen atoms in total. The summed E-state index contributed by atoms with van der Waals surface area (Å²) in [7, 11) is 0. The number of anilines is 1. The highest BCUT2D eigenvalue weighted by Gasteiger charge is 2.62. The minimum absolute atomic E-state index is 0.0579. The zero-order chi connectivity index (χ0) is 22.1. The smallest absolute Gasteiger partial charge is 0.374 e. The second kappa shape index (κ2) is 8.32. The molecule has 0 aromatic heterocycles. The molecular formula is C21H17Cl2F3N2O2. The van der Waals surface area contributed by atoms with Crippen LogP contribution in [-0.4, -0.2) is 17.8 Å². The number of hydrogen-bond acceptors (Lipinski definition) is 3. The van der Waals surface area contributed by atoms with Gasteiger partial charge in [-0.3, -0.25) is 4.79 Å². The third-order valence-electron chi connectivity index (χ3n) is 4.66. The van der Waals surface area contributed by atoms with Crippen molar-refractivity contribution in [2.45, 2.75) is 32.0 Å². The number of hydrogen-bond donors (Lipinski definition) is 1. The standard InChI is InChI=1S/C21H17Cl2F3N2O2/c1-3-4-19(29)27-17-7-13(6-5-12(17)2)18-11-20(30-28-18,21(24,25)26)14-8-15(22)10-16(23)9-14/h3-10H,11H2,1-2H3,(H,27,29)/b4-3+. The van der Waals surface area contributed by atoms with Crippen molar-refractivity contribution in [1.82, 2.24) is 0 Å². The summed E-state index contributed by atoms with van der Waals surface area (Å²) in [5.41, 5.74) is -1.25. The fourth-order valence-electron chi connectivity index (χ4n) is 3.11. The molecule has 1 unspecified atom stereocenters. The Balaban J connectivity index is 1.98. The Morgan fingerprint density at radius 2 is 1.87 bits per heavy atom. The molecule has 1 atom stereocenters. The second-order valence-corrected chi connectivity index (χ2v) is 7.68. The third-order valence-corrected chi connectivity index (χ3v) is 5.10. The Hall–Kier alpha value is -2.51. The van der Waals surface area contributed by atoms with E-state index in [1.807, 2.05) is 0 Å². The molecule has 0 bridgehead atoms. The van der Waals surface area contributed by atoms with E-state index in [0.29, 0.717) is 11.3 Å². The lowest BCUT2D eigenvalue weighted by atomic mass is 9.86. The lowest BCUT2D eigenvalue weighted by Gasteiger charge is -2.29. The number of nitrogens with one attached hydrogen (secondary N) is 1. The number of oxime groups is 1. The Kier molecular flexibility index (Phi) is 6.15. The van der Waals surface area contributed by atoms with Crippen molar-refractivity contribution in [3.8, 4) is 0 Å². The van der Waals surface area contributed by atoms with Gasteiger partial charge in [0.15, 0.2) is 0 Å². The number of halogens is 5. The molecule has 30 heavy (non-hydrogen) atoms. The Morgan fingerprint density at radius 3 is 2.47 bits per heavy atom. The first-order chi connectivity index (χ1) is 14.1. The first kappa shape index (κ1) is 22.2. The topological polar surface area (TPSA) is 50.7 Å². The number of aryl methyl sites for hydroxylation is 1. The molecule has 1 N–H and O–H groups in total. The number of allylic oxidation sites excluding steroid dienone is 1. The van der Waals surface area contributed by atoms with Gasteiger partial charge < -0.3 is 10.2 Å². The molecule has 1 heterocycles. The third kappa shape index (κ3) is 4.32. The Labute approximate surface area is 181 Å². The van der Waals surface area contributed by atoms with Gasteiger partial charge in [0.1, 0.15) is 0 Å². The van der Waals surface area contributed by atoms with Crippen molar-refractivity contribution >= 4 is 40.5 Å². The highest BCUT2D eigenvalue weighted by molar-refractivity contribution is 6.34. The first-order valence-corrected chi connectivity index (χ1v) is 9.64. The summed E-state index contributed by atoms with van der Waals surface area (Å²) in [5.74, 6) is -0.347. The molecule has 1 aliphatic rings. The largest absolute Gasteiger partial charge is 0.435 e. The molecule has 0 radical (unpaired) electrons. The van der Waals surface area contributed by atoms with Gasteiger partial charge >= 0.3 is 6.18 Å². The summed E-state index contributed by atoms with van der Waals surface area (Å²) in [6.45, 7) is 3.47. The van der Waals surface area contributed by atoms with Crippen LogP contribution in [0, 0.1) is 6.92 Å². The molecule has 0 spiro atoms. The van der Waals surface area contributed by atoms with Gasteiger partial charge in [0.25, 0.3) is 5.60 Å². The minimum Gasteiger partial charge on any atom is -0.374 e. The zero-order valence-corrected chi connectivity index (χ0v) is 17.5.